The van der Waals surface area contributed by atoms with Crippen molar-refractivity contribution in [3.05, 3.63) is 77.9 Å². The fourth-order valence-corrected chi connectivity index (χ4v) is 6.61. The molecular weight excluding hydrogens is 448 g/mol. The van der Waals surface area contributed by atoms with E-state index in [9.17, 15) is 8.42 Å². The molecule has 0 spiro atoms. The molecule has 0 unspecified atom stereocenters. The van der Waals surface area contributed by atoms with Crippen LogP contribution in [0.15, 0.2) is 66.1 Å². The molecule has 3 heterocycles. The molecule has 0 bridgehead atoms. The second kappa shape index (κ2) is 8.92. The minimum absolute atomic E-state index is 0.125. The highest BCUT2D eigenvalue weighted by Crippen LogP contribution is 2.38. The lowest BCUT2D eigenvalue weighted by Crippen LogP contribution is -2.38. The Morgan fingerprint density at radius 3 is 2.56 bits per heavy atom. The van der Waals surface area contributed by atoms with Crippen molar-refractivity contribution in [2.75, 3.05) is 20.2 Å². The van der Waals surface area contributed by atoms with Crippen molar-refractivity contribution < 1.29 is 13.2 Å². The number of ether oxygens (including phenoxy) is 1. The van der Waals surface area contributed by atoms with Gasteiger partial charge in [-0.2, -0.15) is 4.31 Å². The van der Waals surface area contributed by atoms with Crippen LogP contribution in [0, 0.1) is 6.92 Å². The number of nitrogens with zero attached hydrogens (tertiary/aromatic N) is 4. The molecule has 0 amide bonds. The van der Waals surface area contributed by atoms with Crippen LogP contribution in [0.2, 0.25) is 0 Å². The van der Waals surface area contributed by atoms with Crippen molar-refractivity contribution in [3.8, 4) is 5.75 Å². The highest BCUT2D eigenvalue weighted by Gasteiger charge is 2.33. The van der Waals surface area contributed by atoms with E-state index in [0.717, 1.165) is 25.1 Å². The Bertz CT molecular complexity index is 1430. The van der Waals surface area contributed by atoms with Crippen LogP contribution >= 0.6 is 0 Å². The zero-order valence-corrected chi connectivity index (χ0v) is 20.6. The van der Waals surface area contributed by atoms with Crippen molar-refractivity contribution >= 4 is 20.9 Å². The average molecular weight is 479 g/mol. The number of para-hydroxylation sites is 1. The third-order valence-corrected chi connectivity index (χ3v) is 8.69. The van der Waals surface area contributed by atoms with Crippen molar-refractivity contribution in [1.29, 1.82) is 0 Å². The van der Waals surface area contributed by atoms with Crippen LogP contribution in [-0.4, -0.2) is 47.0 Å². The summed E-state index contributed by atoms with van der Waals surface area (Å²) in [5.41, 5.74) is 4.98. The first-order valence-corrected chi connectivity index (χ1v) is 13.0. The first-order valence-electron chi connectivity index (χ1n) is 11.6. The minimum Gasteiger partial charge on any atom is -0.497 e. The van der Waals surface area contributed by atoms with E-state index in [2.05, 4.69) is 52.9 Å². The van der Waals surface area contributed by atoms with Gasteiger partial charge in [-0.15, -0.1) is 0 Å². The van der Waals surface area contributed by atoms with Gasteiger partial charge in [0.15, 0.2) is 5.03 Å². The molecular formula is C26H30N4O3S. The molecule has 0 radical (unpaired) electrons. The van der Waals surface area contributed by atoms with Crippen LogP contribution < -0.4 is 4.74 Å². The van der Waals surface area contributed by atoms with Gasteiger partial charge >= 0.3 is 0 Å². The summed E-state index contributed by atoms with van der Waals surface area (Å²) in [6.45, 7) is 3.94. The van der Waals surface area contributed by atoms with Crippen molar-refractivity contribution in [1.82, 2.24) is 18.4 Å². The Kier molecular flexibility index (Phi) is 5.95. The second-order valence-electron chi connectivity index (χ2n) is 9.01. The second-order valence-corrected chi connectivity index (χ2v) is 10.9. The lowest BCUT2D eigenvalue weighted by Gasteiger charge is -2.31. The van der Waals surface area contributed by atoms with Gasteiger partial charge in [0.25, 0.3) is 10.0 Å². The maximum Gasteiger partial charge on any atom is 0.262 e. The largest absolute Gasteiger partial charge is 0.497 e. The van der Waals surface area contributed by atoms with Gasteiger partial charge in [-0.1, -0.05) is 30.3 Å². The number of aromatic nitrogens is 3. The molecule has 2 aromatic heterocycles. The maximum atomic E-state index is 13.0. The summed E-state index contributed by atoms with van der Waals surface area (Å²) in [5, 5.41) is 1.38. The van der Waals surface area contributed by atoms with Crippen LogP contribution in [0.3, 0.4) is 0 Å². The minimum atomic E-state index is -3.56. The molecule has 2 aromatic carbocycles. The predicted octanol–water partition coefficient (Wildman–Crippen LogP) is 4.31. The fourth-order valence-electron chi connectivity index (χ4n) is 5.17. The zero-order chi connectivity index (χ0) is 23.9. The van der Waals surface area contributed by atoms with Crippen LogP contribution in [0.25, 0.3) is 10.9 Å². The molecule has 34 heavy (non-hydrogen) atoms. The van der Waals surface area contributed by atoms with E-state index in [4.69, 9.17) is 4.74 Å². The van der Waals surface area contributed by atoms with E-state index in [1.165, 1.54) is 34.1 Å². The van der Waals surface area contributed by atoms with E-state index in [0.29, 0.717) is 19.0 Å². The highest BCUT2D eigenvalue weighted by molar-refractivity contribution is 7.89. The van der Waals surface area contributed by atoms with Gasteiger partial charge in [0.05, 0.1) is 13.4 Å². The summed E-state index contributed by atoms with van der Waals surface area (Å²) in [5.74, 6) is 1.17. The van der Waals surface area contributed by atoms with Crippen LogP contribution in [0.1, 0.15) is 35.6 Å². The molecule has 1 aliphatic heterocycles. The number of fused-ring (bicyclic) bond motifs is 1. The third kappa shape index (κ3) is 4.01. The average Bonchev–Trinajstić information content (AvgIpc) is 3.41. The number of sulfonamides is 1. The van der Waals surface area contributed by atoms with Gasteiger partial charge in [-0.3, -0.25) is 0 Å². The summed E-state index contributed by atoms with van der Waals surface area (Å²) >= 11 is 0. The van der Waals surface area contributed by atoms with E-state index in [-0.39, 0.29) is 5.03 Å². The predicted molar refractivity (Wildman–Crippen MR) is 133 cm³/mol. The molecule has 1 saturated heterocycles. The summed E-state index contributed by atoms with van der Waals surface area (Å²) < 4.78 is 37.1. The summed E-state index contributed by atoms with van der Waals surface area (Å²) in [4.78, 5) is 4.07. The molecule has 178 valence electrons. The molecule has 7 nitrogen and oxygen atoms in total. The van der Waals surface area contributed by atoms with Gasteiger partial charge in [-0.25, -0.2) is 13.4 Å². The number of imidazole rings is 1. The Morgan fingerprint density at radius 1 is 1.09 bits per heavy atom. The fraction of sp³-hybridized carbons (Fsp3) is 0.346. The van der Waals surface area contributed by atoms with E-state index in [1.807, 2.05) is 12.1 Å². The Labute approximate surface area is 200 Å². The summed E-state index contributed by atoms with van der Waals surface area (Å²) in [6, 6.07) is 16.7. The Morgan fingerprint density at radius 2 is 1.85 bits per heavy atom. The first kappa shape index (κ1) is 22.7. The number of piperidine rings is 1. The smallest absolute Gasteiger partial charge is 0.262 e. The van der Waals surface area contributed by atoms with Gasteiger partial charge < -0.3 is 13.9 Å². The summed E-state index contributed by atoms with van der Waals surface area (Å²) in [7, 11) is -0.0887. The van der Waals surface area contributed by atoms with Crippen LogP contribution in [0.4, 0.5) is 0 Å². The molecule has 5 rings (SSSR count). The molecule has 0 N–H and O–H groups in total. The van der Waals surface area contributed by atoms with E-state index < -0.39 is 10.0 Å². The molecule has 8 heteroatoms. The Hall–Kier alpha value is -3.10. The quantitative estimate of drug-likeness (QED) is 0.414. The van der Waals surface area contributed by atoms with E-state index >= 15 is 0 Å². The molecule has 1 aliphatic rings. The SMILES string of the molecule is COc1cccc(Cn2c(C)c(C3CCN(S(=O)(=O)c4cn(C)cn4)CC3)c3ccccc32)c1. The number of hydrogen-bond acceptors (Lipinski definition) is 4. The van der Waals surface area contributed by atoms with Gasteiger partial charge in [-0.05, 0) is 55.0 Å². The van der Waals surface area contributed by atoms with Gasteiger partial charge in [0.2, 0.25) is 0 Å². The topological polar surface area (TPSA) is 69.4 Å². The molecule has 1 fully saturated rings. The lowest BCUT2D eigenvalue weighted by atomic mass is 9.88. The van der Waals surface area contributed by atoms with Gasteiger partial charge in [0, 0.05) is 49.5 Å². The Balaban J connectivity index is 1.43. The summed E-state index contributed by atoms with van der Waals surface area (Å²) in [6.07, 6.45) is 4.68. The molecule has 0 aliphatic carbocycles. The van der Waals surface area contributed by atoms with E-state index in [1.54, 1.807) is 29.2 Å². The van der Waals surface area contributed by atoms with Crippen LogP contribution in [0.5, 0.6) is 5.75 Å². The van der Waals surface area contributed by atoms with Crippen LogP contribution in [-0.2, 0) is 23.6 Å². The monoisotopic (exact) mass is 478 g/mol. The highest BCUT2D eigenvalue weighted by atomic mass is 32.2. The van der Waals surface area contributed by atoms with Crippen molar-refractivity contribution in [2.24, 2.45) is 7.05 Å². The number of methoxy groups -OCH3 is 1. The normalized spacial score (nSPS) is 15.7. The number of aryl methyl sites for hydroxylation is 1. The standard InChI is InChI=1S/C26H30N4O3S/c1-19-26(21-11-13-29(14-12-21)34(31,32)25-17-28(2)18-27-25)23-9-4-5-10-24(23)30(19)16-20-7-6-8-22(15-20)33-3/h4-10,15,17-18,21H,11-14,16H2,1-3H3. The molecule has 0 saturated carbocycles. The van der Waals surface area contributed by atoms with Crippen molar-refractivity contribution in [3.63, 3.8) is 0 Å². The maximum absolute atomic E-state index is 13.0. The number of hydrogen-bond donors (Lipinski definition) is 0. The lowest BCUT2D eigenvalue weighted by molar-refractivity contribution is 0.319. The van der Waals surface area contributed by atoms with Gasteiger partial charge in [0.1, 0.15) is 5.75 Å². The molecule has 4 aromatic rings. The number of benzene rings is 2. The number of rotatable bonds is 6. The first-order chi connectivity index (χ1) is 16.4. The third-order valence-electron chi connectivity index (χ3n) is 6.90. The zero-order valence-electron chi connectivity index (χ0n) is 19.8. The molecule has 0 atom stereocenters. The van der Waals surface area contributed by atoms with Crippen molar-refractivity contribution in [2.45, 2.75) is 37.3 Å².